The quantitative estimate of drug-likeness (QED) is 0.893. The predicted octanol–water partition coefficient (Wildman–Crippen LogP) is 3.22. The average molecular weight is 276 g/mol. The lowest BCUT2D eigenvalue weighted by atomic mass is 9.96. The van der Waals surface area contributed by atoms with E-state index < -0.39 is 0 Å². The van der Waals surface area contributed by atoms with E-state index in [-0.39, 0.29) is 0 Å². The fourth-order valence-corrected chi connectivity index (χ4v) is 3.01. The molecule has 2 rings (SSSR count). The molecular formula is C17H28N2O. The van der Waals surface area contributed by atoms with Crippen LogP contribution in [0, 0.1) is 0 Å². The average Bonchev–Trinajstić information content (AvgIpc) is 2.48. The topological polar surface area (TPSA) is 24.5 Å². The third-order valence-corrected chi connectivity index (χ3v) is 4.57. The minimum absolute atomic E-state index is 0.446. The molecule has 1 aromatic carbocycles. The molecule has 0 bridgehead atoms. The van der Waals surface area contributed by atoms with Crippen molar-refractivity contribution in [2.75, 3.05) is 20.7 Å². The van der Waals surface area contributed by atoms with Crippen LogP contribution in [0.3, 0.4) is 0 Å². The van der Waals surface area contributed by atoms with E-state index in [2.05, 4.69) is 55.4 Å². The Morgan fingerprint density at radius 2 is 2.05 bits per heavy atom. The number of hydrogen-bond donors (Lipinski definition) is 1. The second-order valence-electron chi connectivity index (χ2n) is 5.95. The zero-order valence-corrected chi connectivity index (χ0v) is 13.2. The molecule has 1 fully saturated rings. The van der Waals surface area contributed by atoms with Gasteiger partial charge in [0, 0.05) is 18.1 Å². The van der Waals surface area contributed by atoms with Crippen molar-refractivity contribution in [3.63, 3.8) is 0 Å². The molecular weight excluding hydrogens is 248 g/mol. The number of nitrogens with one attached hydrogen (secondary N) is 1. The minimum atomic E-state index is 0.446. The van der Waals surface area contributed by atoms with E-state index >= 15 is 0 Å². The summed E-state index contributed by atoms with van der Waals surface area (Å²) in [6.45, 7) is 5.76. The molecule has 1 N–H and O–H groups in total. The molecule has 0 radical (unpaired) electrons. The van der Waals surface area contributed by atoms with Crippen molar-refractivity contribution in [1.29, 1.82) is 0 Å². The number of piperidine rings is 1. The highest BCUT2D eigenvalue weighted by Crippen LogP contribution is 2.23. The summed E-state index contributed by atoms with van der Waals surface area (Å²) in [5, 5.41) is 3.84. The van der Waals surface area contributed by atoms with Gasteiger partial charge in [-0.2, -0.15) is 0 Å². The lowest BCUT2D eigenvalue weighted by Gasteiger charge is -2.37. The van der Waals surface area contributed by atoms with Crippen molar-refractivity contribution < 1.29 is 4.74 Å². The summed E-state index contributed by atoms with van der Waals surface area (Å²) < 4.78 is 5.23. The number of nitrogens with zero attached hydrogens (tertiary/aromatic N) is 1. The zero-order chi connectivity index (χ0) is 14.5. The molecule has 112 valence electrons. The van der Waals surface area contributed by atoms with Crippen LogP contribution in [0.1, 0.15) is 44.7 Å². The van der Waals surface area contributed by atoms with Gasteiger partial charge in [-0.25, -0.2) is 0 Å². The maximum Gasteiger partial charge on any atom is 0.118 e. The monoisotopic (exact) mass is 276 g/mol. The minimum Gasteiger partial charge on any atom is -0.497 e. The molecule has 20 heavy (non-hydrogen) atoms. The van der Waals surface area contributed by atoms with Crippen molar-refractivity contribution in [2.45, 2.75) is 51.2 Å². The maximum atomic E-state index is 5.23. The highest BCUT2D eigenvalue weighted by molar-refractivity contribution is 5.29. The van der Waals surface area contributed by atoms with Gasteiger partial charge in [-0.05, 0) is 57.5 Å². The summed E-state index contributed by atoms with van der Waals surface area (Å²) in [6, 6.07) is 10.2. The van der Waals surface area contributed by atoms with Gasteiger partial charge >= 0.3 is 0 Å². The van der Waals surface area contributed by atoms with E-state index in [9.17, 15) is 0 Å². The van der Waals surface area contributed by atoms with Crippen molar-refractivity contribution in [3.05, 3.63) is 29.8 Å². The highest BCUT2D eigenvalue weighted by Gasteiger charge is 2.24. The summed E-state index contributed by atoms with van der Waals surface area (Å²) in [5.41, 5.74) is 1.36. The summed E-state index contributed by atoms with van der Waals surface area (Å²) in [5.74, 6) is 0.927. The van der Waals surface area contributed by atoms with Crippen molar-refractivity contribution >= 4 is 0 Å². The second kappa shape index (κ2) is 7.09. The number of benzene rings is 1. The van der Waals surface area contributed by atoms with Gasteiger partial charge in [-0.15, -0.1) is 0 Å². The molecule has 0 amide bonds. The SMILES string of the molecule is CCC(NC1CCN(C)C(C)C1)c1ccc(OC)cc1. The molecule has 1 heterocycles. The Kier molecular flexibility index (Phi) is 5.44. The Morgan fingerprint density at radius 1 is 1.35 bits per heavy atom. The highest BCUT2D eigenvalue weighted by atomic mass is 16.5. The van der Waals surface area contributed by atoms with Gasteiger partial charge in [0.05, 0.1) is 7.11 Å². The molecule has 0 aliphatic carbocycles. The van der Waals surface area contributed by atoms with Gasteiger partial charge in [0.2, 0.25) is 0 Å². The first kappa shape index (κ1) is 15.3. The molecule has 3 unspecified atom stereocenters. The van der Waals surface area contributed by atoms with Gasteiger partial charge in [0.1, 0.15) is 5.75 Å². The summed E-state index contributed by atoms with van der Waals surface area (Å²) in [4.78, 5) is 2.45. The fraction of sp³-hybridized carbons (Fsp3) is 0.647. The molecule has 3 nitrogen and oxygen atoms in total. The number of rotatable bonds is 5. The fourth-order valence-electron chi connectivity index (χ4n) is 3.01. The van der Waals surface area contributed by atoms with Gasteiger partial charge in [0.15, 0.2) is 0 Å². The Bertz CT molecular complexity index is 404. The maximum absolute atomic E-state index is 5.23. The zero-order valence-electron chi connectivity index (χ0n) is 13.2. The summed E-state index contributed by atoms with van der Waals surface area (Å²) >= 11 is 0. The number of methoxy groups -OCH3 is 1. The van der Waals surface area contributed by atoms with Crippen LogP contribution in [-0.2, 0) is 0 Å². The second-order valence-corrected chi connectivity index (χ2v) is 5.95. The Labute approximate surface area is 123 Å². The van der Waals surface area contributed by atoms with Gasteiger partial charge in [-0.1, -0.05) is 19.1 Å². The third kappa shape index (κ3) is 3.74. The predicted molar refractivity (Wildman–Crippen MR) is 84.3 cm³/mol. The molecule has 1 aliphatic heterocycles. The molecule has 3 atom stereocenters. The van der Waals surface area contributed by atoms with Crippen LogP contribution in [-0.4, -0.2) is 37.7 Å². The van der Waals surface area contributed by atoms with E-state index in [0.29, 0.717) is 18.1 Å². The Balaban J connectivity index is 1.97. The van der Waals surface area contributed by atoms with Crippen molar-refractivity contribution in [1.82, 2.24) is 10.2 Å². The summed E-state index contributed by atoms with van der Waals surface area (Å²) in [7, 11) is 3.94. The van der Waals surface area contributed by atoms with Crippen molar-refractivity contribution in [2.24, 2.45) is 0 Å². The first-order valence-electron chi connectivity index (χ1n) is 7.74. The molecule has 0 aromatic heterocycles. The molecule has 1 aliphatic rings. The van der Waals surface area contributed by atoms with E-state index in [1.807, 2.05) is 0 Å². The third-order valence-electron chi connectivity index (χ3n) is 4.57. The van der Waals surface area contributed by atoms with Gasteiger partial charge in [0.25, 0.3) is 0 Å². The summed E-state index contributed by atoms with van der Waals surface area (Å²) in [6.07, 6.45) is 3.60. The number of hydrogen-bond acceptors (Lipinski definition) is 3. The van der Waals surface area contributed by atoms with Crippen LogP contribution in [0.15, 0.2) is 24.3 Å². The largest absolute Gasteiger partial charge is 0.497 e. The lowest BCUT2D eigenvalue weighted by molar-refractivity contribution is 0.161. The Hall–Kier alpha value is -1.06. The molecule has 0 saturated carbocycles. The first-order chi connectivity index (χ1) is 9.63. The van der Waals surface area contributed by atoms with E-state index in [0.717, 1.165) is 12.2 Å². The van der Waals surface area contributed by atoms with Gasteiger partial charge in [-0.3, -0.25) is 0 Å². The smallest absolute Gasteiger partial charge is 0.118 e. The van der Waals surface area contributed by atoms with Crippen LogP contribution in [0.2, 0.25) is 0 Å². The van der Waals surface area contributed by atoms with E-state index in [1.54, 1.807) is 7.11 Å². The standard InChI is InChI=1S/C17H28N2O/c1-5-17(14-6-8-16(20-4)9-7-14)18-15-10-11-19(3)13(2)12-15/h6-9,13,15,17-18H,5,10-12H2,1-4H3. The molecule has 0 spiro atoms. The van der Waals surface area contributed by atoms with Crippen molar-refractivity contribution in [3.8, 4) is 5.75 Å². The van der Waals surface area contributed by atoms with Crippen LogP contribution in [0.4, 0.5) is 0 Å². The van der Waals surface area contributed by atoms with Crippen LogP contribution in [0.25, 0.3) is 0 Å². The van der Waals surface area contributed by atoms with Crippen LogP contribution >= 0.6 is 0 Å². The number of ether oxygens (including phenoxy) is 1. The molecule has 1 saturated heterocycles. The normalized spacial score (nSPS) is 25.4. The Morgan fingerprint density at radius 3 is 2.60 bits per heavy atom. The van der Waals surface area contributed by atoms with E-state index in [1.165, 1.54) is 24.9 Å². The van der Waals surface area contributed by atoms with Gasteiger partial charge < -0.3 is 15.0 Å². The van der Waals surface area contributed by atoms with Crippen LogP contribution in [0.5, 0.6) is 5.75 Å². The van der Waals surface area contributed by atoms with Crippen LogP contribution < -0.4 is 10.1 Å². The molecule has 1 aromatic rings. The number of likely N-dealkylation sites (tertiary alicyclic amines) is 1. The lowest BCUT2D eigenvalue weighted by Crippen LogP contribution is -2.46. The van der Waals surface area contributed by atoms with E-state index in [4.69, 9.17) is 4.74 Å². The molecule has 3 heteroatoms. The first-order valence-corrected chi connectivity index (χ1v) is 7.74.